The Labute approximate surface area is 140 Å². The molecule has 0 saturated heterocycles. The van der Waals surface area contributed by atoms with E-state index in [1.54, 1.807) is 0 Å². The molecule has 0 heterocycles. The molecule has 6 aromatic rings. The molecule has 6 rings (SSSR count). The van der Waals surface area contributed by atoms with Gasteiger partial charge in [0.2, 0.25) is 0 Å². The maximum atomic E-state index is 2.35. The van der Waals surface area contributed by atoms with Gasteiger partial charge in [0.05, 0.1) is 0 Å². The van der Waals surface area contributed by atoms with Gasteiger partial charge in [-0.15, -0.1) is 0 Å². The van der Waals surface area contributed by atoms with Gasteiger partial charge >= 0.3 is 0 Å². The van der Waals surface area contributed by atoms with Gasteiger partial charge in [0.15, 0.2) is 0 Å². The summed E-state index contributed by atoms with van der Waals surface area (Å²) in [5, 5.41) is 14.5. The van der Waals surface area contributed by atoms with Crippen molar-refractivity contribution in [2.75, 3.05) is 0 Å². The zero-order valence-electron chi connectivity index (χ0n) is 14.5. The zero-order chi connectivity index (χ0) is 16.3. The fourth-order valence-corrected chi connectivity index (χ4v) is 5.12. The van der Waals surface area contributed by atoms with E-state index in [4.69, 9.17) is 0 Å². The first-order chi connectivity index (χ1) is 11.6. The first kappa shape index (κ1) is 12.8. The van der Waals surface area contributed by atoms with Crippen molar-refractivity contribution >= 4 is 53.9 Å². The van der Waals surface area contributed by atoms with E-state index in [0.29, 0.717) is 0 Å². The van der Waals surface area contributed by atoms with Crippen molar-refractivity contribution < 1.29 is 0 Å². The SMILES string of the molecule is Cc1c(C)c2ccc3c(C)c(C)c4ccc5ccc1c1c5c4c3c21. The van der Waals surface area contributed by atoms with Crippen LogP contribution in [-0.2, 0) is 0 Å². The summed E-state index contributed by atoms with van der Waals surface area (Å²) in [6.07, 6.45) is 0. The number of aryl methyl sites for hydroxylation is 4. The van der Waals surface area contributed by atoms with E-state index in [9.17, 15) is 0 Å². The Hall–Kier alpha value is -2.60. The third kappa shape index (κ3) is 1.13. The topological polar surface area (TPSA) is 0 Å². The van der Waals surface area contributed by atoms with Gasteiger partial charge in [0, 0.05) is 0 Å². The largest absolute Gasteiger partial charge is 0.0537 e. The van der Waals surface area contributed by atoms with Gasteiger partial charge in [-0.25, -0.2) is 0 Å². The zero-order valence-corrected chi connectivity index (χ0v) is 14.5. The second-order valence-electron chi connectivity index (χ2n) is 7.49. The molecule has 6 aromatic carbocycles. The van der Waals surface area contributed by atoms with Crippen molar-refractivity contribution in [3.63, 3.8) is 0 Å². The summed E-state index contributed by atoms with van der Waals surface area (Å²) in [5.74, 6) is 0. The van der Waals surface area contributed by atoms with Gasteiger partial charge in [0.1, 0.15) is 0 Å². The Morgan fingerprint density at radius 3 is 1.04 bits per heavy atom. The highest BCUT2D eigenvalue weighted by Gasteiger charge is 2.23. The quantitative estimate of drug-likeness (QED) is 0.265. The maximum Gasteiger partial charge on any atom is -0.00109 e. The van der Waals surface area contributed by atoms with E-state index >= 15 is 0 Å². The minimum atomic E-state index is 1.38. The second-order valence-corrected chi connectivity index (χ2v) is 7.49. The van der Waals surface area contributed by atoms with Crippen LogP contribution < -0.4 is 0 Å². The molecular weight excluding hydrogens is 288 g/mol. The van der Waals surface area contributed by atoms with E-state index in [2.05, 4.69) is 64.1 Å². The predicted molar refractivity (Wildman–Crippen MR) is 106 cm³/mol. The summed E-state index contributed by atoms with van der Waals surface area (Å²) < 4.78 is 0. The first-order valence-electron chi connectivity index (χ1n) is 8.73. The highest BCUT2D eigenvalue weighted by Crippen LogP contribution is 2.51. The molecule has 0 amide bonds. The van der Waals surface area contributed by atoms with Crippen LogP contribution in [0, 0.1) is 27.7 Å². The minimum absolute atomic E-state index is 1.38. The molecule has 0 unspecified atom stereocenters. The lowest BCUT2D eigenvalue weighted by molar-refractivity contribution is 1.41. The smallest absolute Gasteiger partial charge is 0.00109 e. The maximum absolute atomic E-state index is 2.35. The van der Waals surface area contributed by atoms with Gasteiger partial charge in [-0.1, -0.05) is 36.4 Å². The van der Waals surface area contributed by atoms with E-state index < -0.39 is 0 Å². The number of rotatable bonds is 0. The van der Waals surface area contributed by atoms with Crippen molar-refractivity contribution in [3.8, 4) is 0 Å². The molecule has 0 atom stereocenters. The third-order valence-electron chi connectivity index (χ3n) is 6.63. The van der Waals surface area contributed by atoms with Crippen LogP contribution in [-0.4, -0.2) is 0 Å². The summed E-state index contributed by atoms with van der Waals surface area (Å²) in [5.41, 5.74) is 5.71. The van der Waals surface area contributed by atoms with E-state index in [0.717, 1.165) is 0 Å². The third-order valence-corrected chi connectivity index (χ3v) is 6.63. The van der Waals surface area contributed by atoms with Crippen LogP contribution in [0.2, 0.25) is 0 Å². The molecule has 0 N–H and O–H groups in total. The molecule has 0 radical (unpaired) electrons. The van der Waals surface area contributed by atoms with Gasteiger partial charge in [-0.05, 0) is 104 Å². The summed E-state index contributed by atoms with van der Waals surface area (Å²) in [7, 11) is 0. The number of benzene rings is 5. The molecule has 0 heteroatoms. The molecule has 114 valence electrons. The average molecular weight is 306 g/mol. The Bertz CT molecular complexity index is 1310. The fourth-order valence-electron chi connectivity index (χ4n) is 5.12. The van der Waals surface area contributed by atoms with E-state index in [1.165, 1.54) is 76.1 Å². The van der Waals surface area contributed by atoms with Crippen LogP contribution in [0.5, 0.6) is 0 Å². The van der Waals surface area contributed by atoms with Crippen molar-refractivity contribution in [1.29, 1.82) is 0 Å². The van der Waals surface area contributed by atoms with E-state index in [-0.39, 0.29) is 0 Å². The molecule has 0 nitrogen and oxygen atoms in total. The highest BCUT2D eigenvalue weighted by molar-refractivity contribution is 6.45. The molecule has 0 aliphatic rings. The number of hydrogen-bond donors (Lipinski definition) is 0. The normalized spacial score (nSPS) is 13.0. The summed E-state index contributed by atoms with van der Waals surface area (Å²) in [6.45, 7) is 9.11. The molecule has 0 aromatic heterocycles. The molecular formula is C24H18. The molecule has 0 aliphatic carbocycles. The van der Waals surface area contributed by atoms with Crippen LogP contribution in [0.25, 0.3) is 53.9 Å². The lowest BCUT2D eigenvalue weighted by Gasteiger charge is -2.13. The lowest BCUT2D eigenvalue weighted by Crippen LogP contribution is -1.89. The van der Waals surface area contributed by atoms with Gasteiger partial charge < -0.3 is 0 Å². The summed E-state index contributed by atoms with van der Waals surface area (Å²) >= 11 is 0. The van der Waals surface area contributed by atoms with Crippen molar-refractivity contribution in [2.45, 2.75) is 27.7 Å². The first-order valence-corrected chi connectivity index (χ1v) is 8.73. The summed E-state index contributed by atoms with van der Waals surface area (Å²) in [6, 6.07) is 14.0. The summed E-state index contributed by atoms with van der Waals surface area (Å²) in [4.78, 5) is 0. The Morgan fingerprint density at radius 2 is 0.667 bits per heavy atom. The van der Waals surface area contributed by atoms with Crippen LogP contribution in [0.1, 0.15) is 22.3 Å². The molecule has 0 fully saturated rings. The molecule has 0 spiro atoms. The Balaban J connectivity index is 2.22. The molecule has 0 saturated carbocycles. The Morgan fingerprint density at radius 1 is 0.375 bits per heavy atom. The standard InChI is InChI=1S/C24H18/c1-11-13(3)18-9-10-19-14(4)12(2)17-8-6-15-5-7-16(11)21-20(15)22(17)24(19)23(18)21/h5-10H,1-4H3. The van der Waals surface area contributed by atoms with Crippen molar-refractivity contribution in [3.05, 3.63) is 58.7 Å². The molecule has 24 heavy (non-hydrogen) atoms. The van der Waals surface area contributed by atoms with E-state index in [1.807, 2.05) is 0 Å². The second kappa shape index (κ2) is 3.72. The Kier molecular flexibility index (Phi) is 1.98. The number of hydrogen-bond acceptors (Lipinski definition) is 0. The molecule has 0 bridgehead atoms. The van der Waals surface area contributed by atoms with Crippen molar-refractivity contribution in [2.24, 2.45) is 0 Å². The predicted octanol–water partition coefficient (Wildman–Crippen LogP) is 7.00. The lowest BCUT2D eigenvalue weighted by atomic mass is 9.90. The van der Waals surface area contributed by atoms with Crippen LogP contribution in [0.3, 0.4) is 0 Å². The fraction of sp³-hybridized carbons (Fsp3) is 0.167. The van der Waals surface area contributed by atoms with Gasteiger partial charge in [0.25, 0.3) is 0 Å². The van der Waals surface area contributed by atoms with Crippen LogP contribution in [0.4, 0.5) is 0 Å². The van der Waals surface area contributed by atoms with Crippen LogP contribution in [0.15, 0.2) is 36.4 Å². The average Bonchev–Trinajstić information content (AvgIpc) is 2.96. The van der Waals surface area contributed by atoms with Gasteiger partial charge in [-0.2, -0.15) is 0 Å². The molecule has 0 aliphatic heterocycles. The highest BCUT2D eigenvalue weighted by atomic mass is 14.3. The van der Waals surface area contributed by atoms with Crippen molar-refractivity contribution in [1.82, 2.24) is 0 Å². The van der Waals surface area contributed by atoms with Crippen LogP contribution >= 0.6 is 0 Å². The van der Waals surface area contributed by atoms with Gasteiger partial charge in [-0.3, -0.25) is 0 Å². The monoisotopic (exact) mass is 306 g/mol. The minimum Gasteiger partial charge on any atom is -0.0537 e.